The van der Waals surface area contributed by atoms with Crippen LogP contribution in [0.15, 0.2) is 83.8 Å². The molecule has 3 rings (SSSR count). The largest absolute Gasteiger partial charge is 0.497 e. The second-order valence-corrected chi connectivity index (χ2v) is 12.0. The van der Waals surface area contributed by atoms with Crippen LogP contribution >= 0.6 is 11.6 Å². The first kappa shape index (κ1) is 31.0. The van der Waals surface area contributed by atoms with E-state index in [0.29, 0.717) is 29.4 Å². The van der Waals surface area contributed by atoms with Gasteiger partial charge in [-0.25, -0.2) is 8.42 Å². The fraction of sp³-hybridized carbons (Fsp3) is 0.333. The molecular formula is C30H36ClN3O5S. The summed E-state index contributed by atoms with van der Waals surface area (Å²) < 4.78 is 33.9. The molecule has 0 bridgehead atoms. The van der Waals surface area contributed by atoms with Gasteiger partial charge in [-0.2, -0.15) is 0 Å². The van der Waals surface area contributed by atoms with E-state index in [2.05, 4.69) is 5.32 Å². The van der Waals surface area contributed by atoms with Crippen molar-refractivity contribution in [2.45, 2.75) is 44.7 Å². The van der Waals surface area contributed by atoms with Crippen molar-refractivity contribution >= 4 is 39.1 Å². The Morgan fingerprint density at radius 2 is 1.57 bits per heavy atom. The molecule has 0 radical (unpaired) electrons. The van der Waals surface area contributed by atoms with Crippen LogP contribution in [0.1, 0.15) is 32.8 Å². The van der Waals surface area contributed by atoms with Crippen LogP contribution in [0.4, 0.5) is 5.69 Å². The number of halogens is 1. The van der Waals surface area contributed by atoms with Gasteiger partial charge < -0.3 is 15.0 Å². The molecule has 1 atom stereocenters. The number of carbonyl (C=O) groups excluding carboxylic acids is 2. The van der Waals surface area contributed by atoms with E-state index in [1.165, 1.54) is 24.1 Å². The molecule has 0 saturated heterocycles. The van der Waals surface area contributed by atoms with Crippen LogP contribution < -0.4 is 14.4 Å². The van der Waals surface area contributed by atoms with Gasteiger partial charge in [0, 0.05) is 18.1 Å². The van der Waals surface area contributed by atoms with Gasteiger partial charge in [0.05, 0.1) is 17.7 Å². The Morgan fingerprint density at radius 3 is 2.12 bits per heavy atom. The van der Waals surface area contributed by atoms with Gasteiger partial charge in [-0.05, 0) is 66.4 Å². The smallest absolute Gasteiger partial charge is 0.264 e. The van der Waals surface area contributed by atoms with Gasteiger partial charge in [-0.1, -0.05) is 62.7 Å². The zero-order valence-corrected chi connectivity index (χ0v) is 24.8. The van der Waals surface area contributed by atoms with E-state index in [1.807, 2.05) is 20.8 Å². The maximum Gasteiger partial charge on any atom is 0.264 e. The number of methoxy groups -OCH3 is 1. The molecule has 10 heteroatoms. The molecule has 0 aliphatic carbocycles. The molecule has 40 heavy (non-hydrogen) atoms. The Labute approximate surface area is 241 Å². The highest BCUT2D eigenvalue weighted by molar-refractivity contribution is 7.92. The van der Waals surface area contributed by atoms with Gasteiger partial charge in [0.1, 0.15) is 18.3 Å². The molecule has 3 aromatic carbocycles. The third-order valence-electron chi connectivity index (χ3n) is 6.31. The number of hydrogen-bond acceptors (Lipinski definition) is 5. The molecule has 0 saturated carbocycles. The third-order valence-corrected chi connectivity index (χ3v) is 8.35. The quantitative estimate of drug-likeness (QED) is 0.300. The van der Waals surface area contributed by atoms with Gasteiger partial charge in [0.15, 0.2) is 0 Å². The summed E-state index contributed by atoms with van der Waals surface area (Å²) in [6.07, 6.45) is 0.344. The molecular weight excluding hydrogens is 550 g/mol. The van der Waals surface area contributed by atoms with Crippen molar-refractivity contribution in [3.8, 4) is 5.75 Å². The number of nitrogens with zero attached hydrogens (tertiary/aromatic N) is 2. The first-order valence-corrected chi connectivity index (χ1v) is 14.9. The Hall–Kier alpha value is -3.56. The van der Waals surface area contributed by atoms with Gasteiger partial charge >= 0.3 is 0 Å². The lowest BCUT2D eigenvalue weighted by molar-refractivity contribution is -0.140. The van der Waals surface area contributed by atoms with Crippen molar-refractivity contribution < 1.29 is 22.7 Å². The van der Waals surface area contributed by atoms with Crippen molar-refractivity contribution in [2.75, 3.05) is 24.5 Å². The number of sulfonamides is 1. The van der Waals surface area contributed by atoms with Gasteiger partial charge in [-0.15, -0.1) is 0 Å². The van der Waals surface area contributed by atoms with Gasteiger partial charge in [0.25, 0.3) is 10.0 Å². The molecule has 1 unspecified atom stereocenters. The summed E-state index contributed by atoms with van der Waals surface area (Å²) in [4.78, 5) is 28.8. The summed E-state index contributed by atoms with van der Waals surface area (Å²) in [5.74, 6) is -0.0370. The van der Waals surface area contributed by atoms with E-state index in [9.17, 15) is 18.0 Å². The SMILES string of the molecule is CCC(C(=O)NCC(C)C)N(Cc1ccc(Cl)cc1)C(=O)CN(c1ccc(OC)cc1)S(=O)(=O)c1ccccc1. The predicted molar refractivity (Wildman–Crippen MR) is 158 cm³/mol. The van der Waals surface area contributed by atoms with Crippen molar-refractivity contribution in [3.63, 3.8) is 0 Å². The average molecular weight is 586 g/mol. The average Bonchev–Trinajstić information content (AvgIpc) is 2.96. The summed E-state index contributed by atoms with van der Waals surface area (Å²) in [6.45, 7) is 5.84. The Balaban J connectivity index is 2.03. The molecule has 0 heterocycles. The monoisotopic (exact) mass is 585 g/mol. The number of amides is 2. The fourth-order valence-electron chi connectivity index (χ4n) is 4.13. The minimum Gasteiger partial charge on any atom is -0.497 e. The molecule has 0 aliphatic rings. The fourth-order valence-corrected chi connectivity index (χ4v) is 5.69. The molecule has 8 nitrogen and oxygen atoms in total. The lowest BCUT2D eigenvalue weighted by atomic mass is 10.1. The first-order chi connectivity index (χ1) is 19.1. The lowest BCUT2D eigenvalue weighted by Gasteiger charge is -2.33. The molecule has 214 valence electrons. The van der Waals surface area contributed by atoms with Crippen LogP contribution in [0.2, 0.25) is 5.02 Å². The minimum atomic E-state index is -4.13. The van der Waals surface area contributed by atoms with Gasteiger partial charge in [-0.3, -0.25) is 13.9 Å². The van der Waals surface area contributed by atoms with Crippen LogP contribution in [0.25, 0.3) is 0 Å². The molecule has 0 aliphatic heterocycles. The van der Waals surface area contributed by atoms with Gasteiger partial charge in [0.2, 0.25) is 11.8 Å². The summed E-state index contributed by atoms with van der Waals surface area (Å²) in [5, 5.41) is 3.46. The second kappa shape index (κ2) is 14.2. The molecule has 1 N–H and O–H groups in total. The highest BCUT2D eigenvalue weighted by Crippen LogP contribution is 2.27. The summed E-state index contributed by atoms with van der Waals surface area (Å²) in [7, 11) is -2.61. The standard InChI is InChI=1S/C30H36ClN3O5S/c1-5-28(30(36)32-19-22(2)3)33(20-23-11-13-24(31)14-12-23)29(35)21-34(25-15-17-26(39-4)18-16-25)40(37,38)27-9-7-6-8-10-27/h6-18,22,28H,5,19-21H2,1-4H3,(H,32,36). The second-order valence-electron chi connectivity index (χ2n) is 9.73. The maximum absolute atomic E-state index is 14.0. The number of rotatable bonds is 13. The van der Waals surface area contributed by atoms with E-state index in [4.69, 9.17) is 16.3 Å². The Bertz CT molecular complexity index is 1360. The molecule has 3 aromatic rings. The predicted octanol–water partition coefficient (Wildman–Crippen LogP) is 5.12. The number of benzene rings is 3. The zero-order valence-electron chi connectivity index (χ0n) is 23.2. The number of carbonyl (C=O) groups is 2. The van der Waals surface area contributed by atoms with E-state index < -0.39 is 28.5 Å². The van der Waals surface area contributed by atoms with Crippen LogP contribution in [0.3, 0.4) is 0 Å². The Kier molecular flexibility index (Phi) is 11.0. The zero-order chi connectivity index (χ0) is 29.3. The van der Waals surface area contributed by atoms with Crippen molar-refractivity contribution in [2.24, 2.45) is 5.92 Å². The lowest BCUT2D eigenvalue weighted by Crippen LogP contribution is -2.52. The highest BCUT2D eigenvalue weighted by atomic mass is 35.5. The van der Waals surface area contributed by atoms with E-state index in [1.54, 1.807) is 66.7 Å². The number of ether oxygens (including phenoxy) is 1. The van der Waals surface area contributed by atoms with E-state index >= 15 is 0 Å². The van der Waals surface area contributed by atoms with Crippen LogP contribution in [0.5, 0.6) is 5.75 Å². The molecule has 0 fully saturated rings. The molecule has 2 amide bonds. The van der Waals surface area contributed by atoms with Crippen LogP contribution in [-0.2, 0) is 26.2 Å². The summed E-state index contributed by atoms with van der Waals surface area (Å²) >= 11 is 6.06. The number of nitrogens with one attached hydrogen (secondary N) is 1. The van der Waals surface area contributed by atoms with Crippen LogP contribution in [-0.4, -0.2) is 51.4 Å². The normalized spacial score (nSPS) is 12.1. The van der Waals surface area contributed by atoms with Crippen molar-refractivity contribution in [3.05, 3.63) is 89.4 Å². The first-order valence-electron chi connectivity index (χ1n) is 13.1. The topological polar surface area (TPSA) is 96.0 Å². The number of anilines is 1. The van der Waals surface area contributed by atoms with Crippen molar-refractivity contribution in [1.82, 2.24) is 10.2 Å². The summed E-state index contributed by atoms with van der Waals surface area (Å²) in [5.41, 5.74) is 1.05. The number of hydrogen-bond donors (Lipinski definition) is 1. The third kappa shape index (κ3) is 7.99. The van der Waals surface area contributed by atoms with Crippen LogP contribution in [0, 0.1) is 5.92 Å². The Morgan fingerprint density at radius 1 is 0.950 bits per heavy atom. The van der Waals surface area contributed by atoms with E-state index in [-0.39, 0.29) is 23.3 Å². The maximum atomic E-state index is 14.0. The minimum absolute atomic E-state index is 0.0459. The highest BCUT2D eigenvalue weighted by Gasteiger charge is 2.33. The molecule has 0 aromatic heterocycles. The summed E-state index contributed by atoms with van der Waals surface area (Å²) in [6, 6.07) is 20.5. The molecule has 0 spiro atoms. The van der Waals surface area contributed by atoms with Crippen molar-refractivity contribution in [1.29, 1.82) is 0 Å². The van der Waals surface area contributed by atoms with E-state index in [0.717, 1.165) is 9.87 Å².